The van der Waals surface area contributed by atoms with Gasteiger partial charge in [-0.05, 0) is 37.5 Å². The number of hydrogen-bond acceptors (Lipinski definition) is 3. The topological polar surface area (TPSA) is 58.6 Å². The fraction of sp³-hybridized carbons (Fsp3) is 0.529. The summed E-state index contributed by atoms with van der Waals surface area (Å²) in [5, 5.41) is 3.47. The van der Waals surface area contributed by atoms with Crippen molar-refractivity contribution in [1.82, 2.24) is 4.90 Å². The molecule has 2 atom stereocenters. The van der Waals surface area contributed by atoms with Gasteiger partial charge in [-0.25, -0.2) is 0 Å². The molecular weight excluding hydrogens is 316 g/mol. The van der Waals surface area contributed by atoms with Gasteiger partial charge in [0.2, 0.25) is 11.8 Å². The lowest BCUT2D eigenvalue weighted by Gasteiger charge is -2.20. The molecule has 0 spiro atoms. The molecule has 3 rings (SSSR count). The Balaban J connectivity index is 1.57. The average Bonchev–Trinajstić information content (AvgIpc) is 3.14. The van der Waals surface area contributed by atoms with Crippen molar-refractivity contribution in [2.24, 2.45) is 5.92 Å². The predicted molar refractivity (Wildman–Crippen MR) is 88.5 cm³/mol. The summed E-state index contributed by atoms with van der Waals surface area (Å²) in [6.07, 6.45) is 2.42. The van der Waals surface area contributed by atoms with Crippen molar-refractivity contribution >= 4 is 29.1 Å². The second-order valence-corrected chi connectivity index (χ2v) is 6.70. The van der Waals surface area contributed by atoms with Gasteiger partial charge in [-0.2, -0.15) is 0 Å². The van der Waals surface area contributed by atoms with Crippen molar-refractivity contribution in [2.45, 2.75) is 32.3 Å². The van der Waals surface area contributed by atoms with E-state index in [4.69, 9.17) is 16.3 Å². The molecule has 1 N–H and O–H groups in total. The first-order valence-electron chi connectivity index (χ1n) is 7.99. The minimum Gasteiger partial charge on any atom is -0.376 e. The molecular formula is C17H21ClN2O3. The molecule has 2 fully saturated rings. The van der Waals surface area contributed by atoms with E-state index < -0.39 is 0 Å². The molecule has 0 aliphatic carbocycles. The van der Waals surface area contributed by atoms with Crippen LogP contribution in [0.3, 0.4) is 0 Å². The predicted octanol–water partition coefficient (Wildman–Crippen LogP) is 2.61. The van der Waals surface area contributed by atoms with Crippen LogP contribution in [0.4, 0.5) is 5.69 Å². The first kappa shape index (κ1) is 16.3. The standard InChI is InChI=1S/C17H21ClN2O3/c1-11-4-5-13(8-15(11)18)19-17(22)12-7-16(21)20(9-12)10-14-3-2-6-23-14/h4-5,8,12,14H,2-3,6-7,9-10H2,1H3,(H,19,22). The fourth-order valence-corrected chi connectivity index (χ4v) is 3.25. The number of carbonyl (C=O) groups is 2. The summed E-state index contributed by atoms with van der Waals surface area (Å²) in [4.78, 5) is 26.2. The molecule has 124 valence electrons. The molecule has 2 amide bonds. The largest absolute Gasteiger partial charge is 0.376 e. The Morgan fingerprint density at radius 2 is 2.30 bits per heavy atom. The third-order valence-corrected chi connectivity index (χ3v) is 4.88. The smallest absolute Gasteiger partial charge is 0.229 e. The van der Waals surface area contributed by atoms with E-state index >= 15 is 0 Å². The Kier molecular flexibility index (Phi) is 4.87. The minimum absolute atomic E-state index is 0.0302. The van der Waals surface area contributed by atoms with E-state index in [9.17, 15) is 9.59 Å². The lowest BCUT2D eigenvalue weighted by atomic mass is 10.1. The maximum absolute atomic E-state index is 12.4. The highest BCUT2D eigenvalue weighted by atomic mass is 35.5. The number of aryl methyl sites for hydroxylation is 1. The molecule has 23 heavy (non-hydrogen) atoms. The first-order valence-corrected chi connectivity index (χ1v) is 8.37. The van der Waals surface area contributed by atoms with Crippen molar-refractivity contribution in [3.8, 4) is 0 Å². The summed E-state index contributed by atoms with van der Waals surface area (Å²) in [6, 6.07) is 5.41. The molecule has 0 radical (unpaired) electrons. The van der Waals surface area contributed by atoms with Crippen LogP contribution in [-0.4, -0.2) is 42.5 Å². The Morgan fingerprint density at radius 3 is 3.00 bits per heavy atom. The maximum Gasteiger partial charge on any atom is 0.229 e. The van der Waals surface area contributed by atoms with Gasteiger partial charge in [-0.1, -0.05) is 17.7 Å². The lowest BCUT2D eigenvalue weighted by molar-refractivity contribution is -0.129. The number of amides is 2. The van der Waals surface area contributed by atoms with E-state index in [1.54, 1.807) is 11.0 Å². The summed E-state index contributed by atoms with van der Waals surface area (Å²) in [5.74, 6) is -0.417. The van der Waals surface area contributed by atoms with E-state index in [0.29, 0.717) is 23.8 Å². The van der Waals surface area contributed by atoms with Crippen LogP contribution in [0.1, 0.15) is 24.8 Å². The number of likely N-dealkylation sites (tertiary alicyclic amines) is 1. The Labute approximate surface area is 140 Å². The van der Waals surface area contributed by atoms with Crippen LogP contribution in [0, 0.1) is 12.8 Å². The number of ether oxygens (including phenoxy) is 1. The number of carbonyl (C=O) groups excluding carboxylic acids is 2. The van der Waals surface area contributed by atoms with Gasteiger partial charge in [-0.3, -0.25) is 9.59 Å². The van der Waals surface area contributed by atoms with Crippen molar-refractivity contribution in [2.75, 3.05) is 25.0 Å². The number of rotatable bonds is 4. The van der Waals surface area contributed by atoms with Crippen LogP contribution < -0.4 is 5.32 Å². The normalized spacial score (nSPS) is 24.3. The van der Waals surface area contributed by atoms with Gasteiger partial charge >= 0.3 is 0 Å². The zero-order chi connectivity index (χ0) is 16.4. The Morgan fingerprint density at radius 1 is 1.48 bits per heavy atom. The number of benzene rings is 1. The van der Waals surface area contributed by atoms with Crippen LogP contribution in [0.15, 0.2) is 18.2 Å². The van der Waals surface area contributed by atoms with E-state index in [1.165, 1.54) is 0 Å². The molecule has 0 saturated carbocycles. The first-order chi connectivity index (χ1) is 11.0. The van der Waals surface area contributed by atoms with Crippen LogP contribution in [0.5, 0.6) is 0 Å². The molecule has 2 saturated heterocycles. The van der Waals surface area contributed by atoms with Gasteiger partial charge in [-0.15, -0.1) is 0 Å². The summed E-state index contributed by atoms with van der Waals surface area (Å²) in [5.41, 5.74) is 1.62. The summed E-state index contributed by atoms with van der Waals surface area (Å²) < 4.78 is 5.57. The second kappa shape index (κ2) is 6.89. The minimum atomic E-state index is -0.316. The van der Waals surface area contributed by atoms with Gasteiger partial charge in [0, 0.05) is 36.8 Å². The molecule has 0 bridgehead atoms. The van der Waals surface area contributed by atoms with Crippen LogP contribution >= 0.6 is 11.6 Å². The third kappa shape index (κ3) is 3.85. The van der Waals surface area contributed by atoms with Crippen LogP contribution in [0.2, 0.25) is 5.02 Å². The molecule has 5 nitrogen and oxygen atoms in total. The number of nitrogens with zero attached hydrogens (tertiary/aromatic N) is 1. The van der Waals surface area contributed by atoms with Crippen molar-refractivity contribution < 1.29 is 14.3 Å². The lowest BCUT2D eigenvalue weighted by Crippen LogP contribution is -2.34. The zero-order valence-electron chi connectivity index (χ0n) is 13.2. The van der Waals surface area contributed by atoms with Gasteiger partial charge < -0.3 is 15.0 Å². The second-order valence-electron chi connectivity index (χ2n) is 6.29. The quantitative estimate of drug-likeness (QED) is 0.919. The number of nitrogens with one attached hydrogen (secondary N) is 1. The van der Waals surface area contributed by atoms with Crippen LogP contribution in [-0.2, 0) is 14.3 Å². The summed E-state index contributed by atoms with van der Waals surface area (Å²) in [7, 11) is 0. The summed E-state index contributed by atoms with van der Waals surface area (Å²) >= 11 is 6.07. The molecule has 2 heterocycles. The van der Waals surface area contributed by atoms with Gasteiger partial charge in [0.05, 0.1) is 12.0 Å². The SMILES string of the molecule is Cc1ccc(NC(=O)C2CC(=O)N(CC3CCCO3)C2)cc1Cl. The van der Waals surface area contributed by atoms with Gasteiger partial charge in [0.15, 0.2) is 0 Å². The third-order valence-electron chi connectivity index (χ3n) is 4.47. The number of hydrogen-bond donors (Lipinski definition) is 1. The zero-order valence-corrected chi connectivity index (χ0v) is 13.9. The molecule has 0 aromatic heterocycles. The molecule has 2 aliphatic heterocycles. The van der Waals surface area contributed by atoms with Crippen molar-refractivity contribution in [3.63, 3.8) is 0 Å². The van der Waals surface area contributed by atoms with Crippen molar-refractivity contribution in [1.29, 1.82) is 0 Å². The average molecular weight is 337 g/mol. The Hall–Kier alpha value is -1.59. The molecule has 1 aromatic carbocycles. The molecule has 6 heteroatoms. The molecule has 1 aromatic rings. The summed E-state index contributed by atoms with van der Waals surface area (Å²) in [6.45, 7) is 3.74. The monoisotopic (exact) mass is 336 g/mol. The van der Waals surface area contributed by atoms with Crippen LogP contribution in [0.25, 0.3) is 0 Å². The van der Waals surface area contributed by atoms with Crippen molar-refractivity contribution in [3.05, 3.63) is 28.8 Å². The molecule has 2 unspecified atom stereocenters. The fourth-order valence-electron chi connectivity index (χ4n) is 3.07. The van der Waals surface area contributed by atoms with Gasteiger partial charge in [0.1, 0.15) is 0 Å². The number of anilines is 1. The maximum atomic E-state index is 12.4. The van der Waals surface area contributed by atoms with E-state index in [0.717, 1.165) is 25.0 Å². The van der Waals surface area contributed by atoms with E-state index in [1.807, 2.05) is 19.1 Å². The highest BCUT2D eigenvalue weighted by Gasteiger charge is 2.35. The van der Waals surface area contributed by atoms with E-state index in [-0.39, 0.29) is 30.3 Å². The van der Waals surface area contributed by atoms with E-state index in [2.05, 4.69) is 5.32 Å². The number of halogens is 1. The highest BCUT2D eigenvalue weighted by Crippen LogP contribution is 2.24. The Bertz CT molecular complexity index is 614. The molecule has 2 aliphatic rings. The highest BCUT2D eigenvalue weighted by molar-refractivity contribution is 6.31. The van der Waals surface area contributed by atoms with Gasteiger partial charge in [0.25, 0.3) is 0 Å².